The SMILES string of the molecule is CC(NC(=O)c1csc(C2CCN(C(=O)C(C)(C)Oc3ccccc3Cl)CC2)n1)C(=O)OCc1ccccc1. The number of para-hydroxylation sites is 1. The zero-order valence-corrected chi connectivity index (χ0v) is 23.8. The summed E-state index contributed by atoms with van der Waals surface area (Å²) in [7, 11) is 0. The van der Waals surface area contributed by atoms with E-state index in [9.17, 15) is 14.4 Å². The largest absolute Gasteiger partial charge is 0.476 e. The van der Waals surface area contributed by atoms with Crippen LogP contribution in [0.2, 0.25) is 5.02 Å². The van der Waals surface area contributed by atoms with Crippen LogP contribution in [0.15, 0.2) is 60.0 Å². The molecule has 3 aromatic rings. The summed E-state index contributed by atoms with van der Waals surface area (Å²) in [6, 6.07) is 15.6. The first kappa shape index (κ1) is 28.6. The number of hydrogen-bond acceptors (Lipinski definition) is 7. The maximum absolute atomic E-state index is 13.2. The van der Waals surface area contributed by atoms with Gasteiger partial charge in [-0.05, 0) is 51.3 Å². The van der Waals surface area contributed by atoms with E-state index in [2.05, 4.69) is 10.3 Å². The fourth-order valence-corrected chi connectivity index (χ4v) is 5.46. The lowest BCUT2D eigenvalue weighted by atomic mass is 9.96. The van der Waals surface area contributed by atoms with Crippen molar-refractivity contribution in [2.45, 2.75) is 57.8 Å². The zero-order chi connectivity index (χ0) is 28.0. The zero-order valence-electron chi connectivity index (χ0n) is 22.2. The van der Waals surface area contributed by atoms with Gasteiger partial charge < -0.3 is 19.7 Å². The molecule has 2 heterocycles. The van der Waals surface area contributed by atoms with Gasteiger partial charge in [0.2, 0.25) is 0 Å². The van der Waals surface area contributed by atoms with Crippen molar-refractivity contribution in [3.05, 3.63) is 81.3 Å². The Morgan fingerprint density at radius 3 is 2.46 bits per heavy atom. The van der Waals surface area contributed by atoms with Crippen LogP contribution in [0.25, 0.3) is 0 Å². The van der Waals surface area contributed by atoms with Gasteiger partial charge in [0.05, 0.1) is 10.0 Å². The Labute approximate surface area is 237 Å². The number of likely N-dealkylation sites (tertiary alicyclic amines) is 1. The lowest BCUT2D eigenvalue weighted by Crippen LogP contribution is -2.51. The number of piperidine rings is 1. The quantitative estimate of drug-likeness (QED) is 0.355. The Morgan fingerprint density at radius 2 is 1.77 bits per heavy atom. The Balaban J connectivity index is 1.26. The first-order valence-corrected chi connectivity index (χ1v) is 14.1. The Bertz CT molecular complexity index is 1310. The second-order valence-electron chi connectivity index (χ2n) is 9.97. The standard InChI is InChI=1S/C29H32ClN3O5S/c1-19(27(35)37-17-20-9-5-4-6-10-20)31-25(34)23-18-39-26(32-23)21-13-15-33(16-14-21)28(36)29(2,3)38-24-12-8-7-11-22(24)30/h4-12,18-19,21H,13-17H2,1-3H3,(H,31,34). The van der Waals surface area contributed by atoms with Crippen molar-refractivity contribution in [2.24, 2.45) is 0 Å². The first-order valence-electron chi connectivity index (χ1n) is 12.8. The molecule has 1 unspecified atom stereocenters. The molecule has 1 aliphatic rings. The number of rotatable bonds is 9. The van der Waals surface area contributed by atoms with Crippen LogP contribution in [-0.4, -0.2) is 52.4 Å². The van der Waals surface area contributed by atoms with Crippen LogP contribution >= 0.6 is 22.9 Å². The summed E-state index contributed by atoms with van der Waals surface area (Å²) >= 11 is 7.62. The molecule has 0 bridgehead atoms. The number of halogens is 1. The topological polar surface area (TPSA) is 97.8 Å². The molecule has 8 nitrogen and oxygen atoms in total. The van der Waals surface area contributed by atoms with Crippen molar-refractivity contribution < 1.29 is 23.9 Å². The van der Waals surface area contributed by atoms with Crippen LogP contribution in [0.1, 0.15) is 60.6 Å². The number of benzene rings is 2. The van der Waals surface area contributed by atoms with Crippen molar-refractivity contribution in [1.29, 1.82) is 0 Å². The molecule has 1 aliphatic heterocycles. The van der Waals surface area contributed by atoms with E-state index in [1.54, 1.807) is 43.2 Å². The molecule has 1 atom stereocenters. The number of esters is 1. The molecule has 4 rings (SSSR count). The van der Waals surface area contributed by atoms with Gasteiger partial charge in [-0.3, -0.25) is 9.59 Å². The van der Waals surface area contributed by atoms with Gasteiger partial charge in [-0.25, -0.2) is 9.78 Å². The molecular weight excluding hydrogens is 538 g/mol. The number of hydrogen-bond donors (Lipinski definition) is 1. The average molecular weight is 570 g/mol. The summed E-state index contributed by atoms with van der Waals surface area (Å²) in [5.41, 5.74) is 0.0758. The molecule has 1 fully saturated rings. The van der Waals surface area contributed by atoms with Crippen molar-refractivity contribution in [2.75, 3.05) is 13.1 Å². The Morgan fingerprint density at radius 1 is 1.10 bits per heavy atom. The third-order valence-corrected chi connectivity index (χ3v) is 7.85. The summed E-state index contributed by atoms with van der Waals surface area (Å²) in [5, 5.41) is 5.67. The molecule has 0 radical (unpaired) electrons. The number of amides is 2. The predicted molar refractivity (Wildman–Crippen MR) is 150 cm³/mol. The van der Waals surface area contributed by atoms with E-state index >= 15 is 0 Å². The van der Waals surface area contributed by atoms with Crippen LogP contribution in [0.4, 0.5) is 0 Å². The molecule has 2 amide bonds. The van der Waals surface area contributed by atoms with Crippen molar-refractivity contribution >= 4 is 40.7 Å². The molecule has 39 heavy (non-hydrogen) atoms. The Kier molecular flexibility index (Phi) is 9.24. The summed E-state index contributed by atoms with van der Waals surface area (Å²) in [6.45, 7) is 6.34. The first-order chi connectivity index (χ1) is 18.6. The summed E-state index contributed by atoms with van der Waals surface area (Å²) in [5.74, 6) is -0.427. The van der Waals surface area contributed by atoms with E-state index in [1.165, 1.54) is 11.3 Å². The van der Waals surface area contributed by atoms with E-state index in [0.29, 0.717) is 23.9 Å². The number of ether oxygens (including phenoxy) is 2. The van der Waals surface area contributed by atoms with Crippen molar-refractivity contribution in [1.82, 2.24) is 15.2 Å². The minimum Gasteiger partial charge on any atom is -0.476 e. The lowest BCUT2D eigenvalue weighted by molar-refractivity contribution is -0.147. The second-order valence-corrected chi connectivity index (χ2v) is 11.3. The highest BCUT2D eigenvalue weighted by Crippen LogP contribution is 2.33. The fourth-order valence-electron chi connectivity index (χ4n) is 4.32. The average Bonchev–Trinajstić information content (AvgIpc) is 3.44. The molecular formula is C29H32ClN3O5S. The van der Waals surface area contributed by atoms with Gasteiger partial charge in [-0.1, -0.05) is 54.1 Å². The molecule has 2 aromatic carbocycles. The van der Waals surface area contributed by atoms with Gasteiger partial charge in [0.15, 0.2) is 5.60 Å². The minimum atomic E-state index is -1.07. The molecule has 0 aliphatic carbocycles. The summed E-state index contributed by atoms with van der Waals surface area (Å²) in [6.07, 6.45) is 1.45. The monoisotopic (exact) mass is 569 g/mol. The summed E-state index contributed by atoms with van der Waals surface area (Å²) < 4.78 is 11.3. The smallest absolute Gasteiger partial charge is 0.328 e. The van der Waals surface area contributed by atoms with Gasteiger partial charge in [0.25, 0.3) is 11.8 Å². The highest BCUT2D eigenvalue weighted by Gasteiger charge is 2.37. The maximum atomic E-state index is 13.2. The minimum absolute atomic E-state index is 0.104. The van der Waals surface area contributed by atoms with Crippen LogP contribution in [0.5, 0.6) is 5.75 Å². The van der Waals surface area contributed by atoms with E-state index in [4.69, 9.17) is 21.1 Å². The van der Waals surface area contributed by atoms with E-state index in [-0.39, 0.29) is 24.1 Å². The van der Waals surface area contributed by atoms with Crippen molar-refractivity contribution in [3.63, 3.8) is 0 Å². The molecule has 0 spiro atoms. The highest BCUT2D eigenvalue weighted by atomic mass is 35.5. The number of carbonyl (C=O) groups excluding carboxylic acids is 3. The van der Waals surface area contributed by atoms with Crippen LogP contribution in [-0.2, 0) is 20.9 Å². The number of carbonyl (C=O) groups is 3. The molecule has 1 saturated heterocycles. The van der Waals surface area contributed by atoms with Gasteiger partial charge in [0, 0.05) is 24.4 Å². The van der Waals surface area contributed by atoms with Crippen LogP contribution < -0.4 is 10.1 Å². The lowest BCUT2D eigenvalue weighted by Gasteiger charge is -2.36. The maximum Gasteiger partial charge on any atom is 0.328 e. The van der Waals surface area contributed by atoms with Crippen molar-refractivity contribution in [3.8, 4) is 5.75 Å². The van der Waals surface area contributed by atoms with E-state index < -0.39 is 23.5 Å². The van der Waals surface area contributed by atoms with Gasteiger partial charge in [0.1, 0.15) is 24.1 Å². The number of thiazole rings is 1. The molecule has 1 N–H and O–H groups in total. The number of nitrogens with one attached hydrogen (secondary N) is 1. The Hall–Kier alpha value is -3.43. The number of nitrogens with zero attached hydrogens (tertiary/aromatic N) is 2. The van der Waals surface area contributed by atoms with Gasteiger partial charge >= 0.3 is 5.97 Å². The van der Waals surface area contributed by atoms with E-state index in [0.717, 1.165) is 23.4 Å². The predicted octanol–water partition coefficient (Wildman–Crippen LogP) is 5.22. The normalized spacial score (nSPS) is 14.9. The van der Waals surface area contributed by atoms with Gasteiger partial charge in [-0.2, -0.15) is 0 Å². The third kappa shape index (κ3) is 7.36. The molecule has 206 valence electrons. The highest BCUT2D eigenvalue weighted by molar-refractivity contribution is 7.09. The third-order valence-electron chi connectivity index (χ3n) is 6.53. The van der Waals surface area contributed by atoms with Crippen LogP contribution in [0.3, 0.4) is 0 Å². The van der Waals surface area contributed by atoms with Gasteiger partial charge in [-0.15, -0.1) is 11.3 Å². The summed E-state index contributed by atoms with van der Waals surface area (Å²) in [4.78, 5) is 44.6. The number of aromatic nitrogens is 1. The second kappa shape index (κ2) is 12.6. The van der Waals surface area contributed by atoms with E-state index in [1.807, 2.05) is 42.5 Å². The van der Waals surface area contributed by atoms with Crippen LogP contribution in [0, 0.1) is 0 Å². The molecule has 10 heteroatoms. The molecule has 0 saturated carbocycles. The molecule has 1 aromatic heterocycles. The fraction of sp³-hybridized carbons (Fsp3) is 0.379.